The third-order valence-corrected chi connectivity index (χ3v) is 6.88. The minimum Gasteiger partial charge on any atom is -0.495 e. The molecule has 0 saturated carbocycles. The SMILES string of the molecule is CC[C@H](C)NC(=O)[C@@H](C)N(Cc1ccccc1F)C(=O)CN(c1cc(C)ccc1OC)S(C)(=O)=O. The van der Waals surface area contributed by atoms with Crippen LogP contribution in [0.15, 0.2) is 42.5 Å². The van der Waals surface area contributed by atoms with Gasteiger partial charge < -0.3 is 15.0 Å². The molecule has 2 aromatic rings. The zero-order valence-electron chi connectivity index (χ0n) is 21.0. The summed E-state index contributed by atoms with van der Waals surface area (Å²) in [5.41, 5.74) is 1.18. The molecule has 192 valence electrons. The largest absolute Gasteiger partial charge is 0.495 e. The molecule has 10 heteroatoms. The highest BCUT2D eigenvalue weighted by molar-refractivity contribution is 7.92. The summed E-state index contributed by atoms with van der Waals surface area (Å²) in [6.45, 7) is 6.28. The van der Waals surface area contributed by atoms with E-state index in [1.807, 2.05) is 13.8 Å². The molecule has 2 rings (SSSR count). The number of ether oxygens (including phenoxy) is 1. The molecule has 2 amide bonds. The van der Waals surface area contributed by atoms with E-state index < -0.39 is 40.2 Å². The quantitative estimate of drug-likeness (QED) is 0.504. The van der Waals surface area contributed by atoms with E-state index in [0.717, 1.165) is 16.1 Å². The van der Waals surface area contributed by atoms with Crippen molar-refractivity contribution in [2.24, 2.45) is 0 Å². The Morgan fingerprint density at radius 2 is 1.80 bits per heavy atom. The van der Waals surface area contributed by atoms with Gasteiger partial charge in [0.05, 0.1) is 19.1 Å². The van der Waals surface area contributed by atoms with Gasteiger partial charge in [0.15, 0.2) is 0 Å². The van der Waals surface area contributed by atoms with Crippen molar-refractivity contribution >= 4 is 27.5 Å². The van der Waals surface area contributed by atoms with Crippen molar-refractivity contribution in [3.63, 3.8) is 0 Å². The highest BCUT2D eigenvalue weighted by atomic mass is 32.2. The highest BCUT2D eigenvalue weighted by Crippen LogP contribution is 2.31. The van der Waals surface area contributed by atoms with Crippen LogP contribution in [-0.4, -0.2) is 57.1 Å². The fraction of sp³-hybridized carbons (Fsp3) is 0.440. The molecule has 2 aromatic carbocycles. The maximum atomic E-state index is 14.4. The summed E-state index contributed by atoms with van der Waals surface area (Å²) < 4.78 is 46.2. The second kappa shape index (κ2) is 12.0. The predicted octanol–water partition coefficient (Wildman–Crippen LogP) is 3.24. The molecular formula is C25H34FN3O5S. The van der Waals surface area contributed by atoms with Gasteiger partial charge in [-0.3, -0.25) is 13.9 Å². The van der Waals surface area contributed by atoms with Crippen LogP contribution in [0.25, 0.3) is 0 Å². The Labute approximate surface area is 207 Å². The van der Waals surface area contributed by atoms with E-state index >= 15 is 0 Å². The molecule has 0 saturated heterocycles. The molecule has 35 heavy (non-hydrogen) atoms. The Balaban J connectivity index is 2.47. The third-order valence-electron chi connectivity index (χ3n) is 5.75. The first kappa shape index (κ1) is 28.1. The van der Waals surface area contributed by atoms with Crippen molar-refractivity contribution in [1.29, 1.82) is 0 Å². The lowest BCUT2D eigenvalue weighted by Crippen LogP contribution is -2.52. The van der Waals surface area contributed by atoms with Crippen LogP contribution >= 0.6 is 0 Å². The average molecular weight is 508 g/mol. The second-order valence-electron chi connectivity index (χ2n) is 8.55. The van der Waals surface area contributed by atoms with Crippen molar-refractivity contribution in [1.82, 2.24) is 10.2 Å². The van der Waals surface area contributed by atoms with E-state index in [0.29, 0.717) is 6.42 Å². The van der Waals surface area contributed by atoms with Gasteiger partial charge in [0.25, 0.3) is 0 Å². The number of aryl methyl sites for hydroxylation is 1. The van der Waals surface area contributed by atoms with Crippen molar-refractivity contribution in [3.05, 3.63) is 59.4 Å². The maximum absolute atomic E-state index is 14.4. The van der Waals surface area contributed by atoms with E-state index in [2.05, 4.69) is 5.32 Å². The van der Waals surface area contributed by atoms with Gasteiger partial charge in [-0.15, -0.1) is 0 Å². The number of halogens is 1. The molecule has 0 aliphatic heterocycles. The number of carbonyl (C=O) groups is 2. The van der Waals surface area contributed by atoms with Crippen LogP contribution in [0.1, 0.15) is 38.3 Å². The van der Waals surface area contributed by atoms with Crippen LogP contribution in [0.4, 0.5) is 10.1 Å². The van der Waals surface area contributed by atoms with Gasteiger partial charge in [0.2, 0.25) is 21.8 Å². The first-order valence-electron chi connectivity index (χ1n) is 11.3. The summed E-state index contributed by atoms with van der Waals surface area (Å²) in [6.07, 6.45) is 1.68. The fourth-order valence-corrected chi connectivity index (χ4v) is 4.29. The molecule has 8 nitrogen and oxygen atoms in total. The number of methoxy groups -OCH3 is 1. The van der Waals surface area contributed by atoms with Crippen LogP contribution in [-0.2, 0) is 26.2 Å². The molecule has 0 aliphatic rings. The normalized spacial score (nSPS) is 13.0. The molecule has 0 spiro atoms. The minimum atomic E-state index is -3.91. The van der Waals surface area contributed by atoms with Crippen molar-refractivity contribution in [2.75, 3.05) is 24.2 Å². The van der Waals surface area contributed by atoms with Crippen LogP contribution in [0.5, 0.6) is 5.75 Å². The topological polar surface area (TPSA) is 96.0 Å². The molecule has 0 unspecified atom stereocenters. The zero-order chi connectivity index (χ0) is 26.3. The number of hydrogen-bond acceptors (Lipinski definition) is 5. The molecule has 0 bridgehead atoms. The lowest BCUT2D eigenvalue weighted by Gasteiger charge is -2.32. The second-order valence-corrected chi connectivity index (χ2v) is 10.5. The summed E-state index contributed by atoms with van der Waals surface area (Å²) in [5.74, 6) is -1.32. The maximum Gasteiger partial charge on any atom is 0.244 e. The zero-order valence-corrected chi connectivity index (χ0v) is 21.9. The van der Waals surface area contributed by atoms with Gasteiger partial charge in [-0.05, 0) is 51.0 Å². The molecular weight excluding hydrogens is 473 g/mol. The summed E-state index contributed by atoms with van der Waals surface area (Å²) >= 11 is 0. The van der Waals surface area contributed by atoms with E-state index in [4.69, 9.17) is 4.74 Å². The van der Waals surface area contributed by atoms with Crippen molar-refractivity contribution in [3.8, 4) is 5.75 Å². The highest BCUT2D eigenvalue weighted by Gasteiger charge is 2.32. The Kier molecular flexibility index (Phi) is 9.64. The summed E-state index contributed by atoms with van der Waals surface area (Å²) in [6, 6.07) is 9.83. The van der Waals surface area contributed by atoms with Gasteiger partial charge in [-0.1, -0.05) is 31.2 Å². The van der Waals surface area contributed by atoms with Gasteiger partial charge in [-0.2, -0.15) is 0 Å². The average Bonchev–Trinajstić information content (AvgIpc) is 2.80. The van der Waals surface area contributed by atoms with E-state index in [1.165, 1.54) is 37.1 Å². The lowest BCUT2D eigenvalue weighted by atomic mass is 10.1. The van der Waals surface area contributed by atoms with Gasteiger partial charge in [0.1, 0.15) is 24.2 Å². The molecule has 0 heterocycles. The number of amides is 2. The first-order chi connectivity index (χ1) is 16.4. The number of hydrogen-bond donors (Lipinski definition) is 1. The van der Waals surface area contributed by atoms with Crippen molar-refractivity contribution in [2.45, 2.75) is 52.7 Å². The number of anilines is 1. The summed E-state index contributed by atoms with van der Waals surface area (Å²) in [4.78, 5) is 27.6. The Bertz CT molecular complexity index is 1160. The molecule has 0 aromatic heterocycles. The Morgan fingerprint density at radius 1 is 1.14 bits per heavy atom. The smallest absolute Gasteiger partial charge is 0.244 e. The van der Waals surface area contributed by atoms with Crippen LogP contribution in [0.3, 0.4) is 0 Å². The monoisotopic (exact) mass is 507 g/mol. The van der Waals surface area contributed by atoms with Gasteiger partial charge in [0, 0.05) is 18.2 Å². The lowest BCUT2D eigenvalue weighted by molar-refractivity contribution is -0.139. The number of nitrogens with zero attached hydrogens (tertiary/aromatic N) is 2. The van der Waals surface area contributed by atoms with Crippen LogP contribution in [0.2, 0.25) is 0 Å². The number of sulfonamides is 1. The van der Waals surface area contributed by atoms with E-state index in [-0.39, 0.29) is 29.6 Å². The number of rotatable bonds is 11. The third kappa shape index (κ3) is 7.42. The van der Waals surface area contributed by atoms with Crippen LogP contribution in [0, 0.1) is 12.7 Å². The Hall–Kier alpha value is -3.14. The van der Waals surface area contributed by atoms with Crippen LogP contribution < -0.4 is 14.4 Å². The summed E-state index contributed by atoms with van der Waals surface area (Å²) in [5, 5.41) is 2.83. The minimum absolute atomic E-state index is 0.126. The predicted molar refractivity (Wildman–Crippen MR) is 134 cm³/mol. The standard InChI is InChI=1S/C25H34FN3O5S/c1-7-18(3)27-25(31)19(4)28(15-20-10-8-9-11-21(20)26)24(30)16-29(35(6,32)33)22-14-17(2)12-13-23(22)34-5/h8-14,18-19H,7,15-16H2,1-6H3,(H,27,31)/t18-,19+/m0/s1. The molecule has 2 atom stereocenters. The molecule has 0 aliphatic carbocycles. The van der Waals surface area contributed by atoms with Gasteiger partial charge in [-0.25, -0.2) is 12.8 Å². The van der Waals surface area contributed by atoms with Crippen molar-refractivity contribution < 1.29 is 27.1 Å². The van der Waals surface area contributed by atoms with E-state index in [9.17, 15) is 22.4 Å². The number of benzene rings is 2. The molecule has 0 fully saturated rings. The van der Waals surface area contributed by atoms with E-state index in [1.54, 1.807) is 31.2 Å². The molecule has 1 N–H and O–H groups in total. The van der Waals surface area contributed by atoms with Gasteiger partial charge >= 0.3 is 0 Å². The number of nitrogens with one attached hydrogen (secondary N) is 1. The fourth-order valence-electron chi connectivity index (χ4n) is 3.45. The number of carbonyl (C=O) groups excluding carboxylic acids is 2. The summed E-state index contributed by atoms with van der Waals surface area (Å²) in [7, 11) is -2.51. The Morgan fingerprint density at radius 3 is 2.37 bits per heavy atom. The first-order valence-corrected chi connectivity index (χ1v) is 13.2. The molecule has 0 radical (unpaired) electrons.